The van der Waals surface area contributed by atoms with E-state index in [0.29, 0.717) is 6.54 Å². The molecule has 0 spiro atoms. The Bertz CT molecular complexity index is 845. The van der Waals surface area contributed by atoms with Crippen molar-refractivity contribution < 1.29 is 4.79 Å². The molecule has 1 amide bonds. The van der Waals surface area contributed by atoms with Gasteiger partial charge in [0.25, 0.3) is 0 Å². The number of rotatable bonds is 6. The van der Waals surface area contributed by atoms with E-state index in [2.05, 4.69) is 15.3 Å². The molecular formula is C19H20N4OS. The monoisotopic (exact) mass is 352 g/mol. The highest BCUT2D eigenvalue weighted by Gasteiger charge is 2.10. The van der Waals surface area contributed by atoms with Crippen molar-refractivity contribution in [2.75, 3.05) is 19.0 Å². The van der Waals surface area contributed by atoms with Crippen LogP contribution in [0.5, 0.6) is 0 Å². The Kier molecular flexibility index (Phi) is 5.40. The Morgan fingerprint density at radius 3 is 2.72 bits per heavy atom. The summed E-state index contributed by atoms with van der Waals surface area (Å²) in [7, 11) is 3.88. The minimum Gasteiger partial charge on any atom is -0.362 e. The fourth-order valence-electron chi connectivity index (χ4n) is 2.49. The molecule has 0 bridgehead atoms. The second-order valence-corrected chi connectivity index (χ2v) is 6.70. The van der Waals surface area contributed by atoms with Crippen molar-refractivity contribution in [2.45, 2.75) is 13.0 Å². The predicted octanol–water partition coefficient (Wildman–Crippen LogP) is 3.13. The van der Waals surface area contributed by atoms with Crippen LogP contribution in [0.25, 0.3) is 10.6 Å². The summed E-state index contributed by atoms with van der Waals surface area (Å²) < 4.78 is 0. The van der Waals surface area contributed by atoms with E-state index in [0.717, 1.165) is 27.6 Å². The standard InChI is InChI=1S/C19H20N4OS/c1-23(2)18-15(9-6-10-20-18)12-21-17(24)11-16-13-25-19(22-16)14-7-4-3-5-8-14/h3-10,13H,11-12H2,1-2H3,(H,21,24). The maximum Gasteiger partial charge on any atom is 0.226 e. The van der Waals surface area contributed by atoms with Gasteiger partial charge in [-0.25, -0.2) is 9.97 Å². The summed E-state index contributed by atoms with van der Waals surface area (Å²) in [4.78, 5) is 23.1. The van der Waals surface area contributed by atoms with Crippen LogP contribution in [0.15, 0.2) is 54.0 Å². The number of hydrogen-bond acceptors (Lipinski definition) is 5. The first kappa shape index (κ1) is 17.1. The van der Waals surface area contributed by atoms with Crippen LogP contribution in [-0.2, 0) is 17.8 Å². The van der Waals surface area contributed by atoms with Crippen LogP contribution in [0.3, 0.4) is 0 Å². The molecule has 0 aliphatic carbocycles. The number of thiazole rings is 1. The summed E-state index contributed by atoms with van der Waals surface area (Å²) in [5.41, 5.74) is 2.86. The van der Waals surface area contributed by atoms with Crippen LogP contribution in [0.1, 0.15) is 11.3 Å². The molecule has 0 aliphatic rings. The van der Waals surface area contributed by atoms with Gasteiger partial charge >= 0.3 is 0 Å². The van der Waals surface area contributed by atoms with Gasteiger partial charge in [-0.15, -0.1) is 11.3 Å². The van der Waals surface area contributed by atoms with Gasteiger partial charge in [0.05, 0.1) is 12.1 Å². The lowest BCUT2D eigenvalue weighted by Crippen LogP contribution is -2.26. The highest BCUT2D eigenvalue weighted by atomic mass is 32.1. The van der Waals surface area contributed by atoms with Gasteiger partial charge in [0.1, 0.15) is 10.8 Å². The number of nitrogens with one attached hydrogen (secondary N) is 1. The van der Waals surface area contributed by atoms with Crippen molar-refractivity contribution in [3.05, 3.63) is 65.3 Å². The van der Waals surface area contributed by atoms with E-state index in [-0.39, 0.29) is 12.3 Å². The van der Waals surface area contributed by atoms with E-state index in [1.807, 2.05) is 66.8 Å². The zero-order valence-corrected chi connectivity index (χ0v) is 15.1. The lowest BCUT2D eigenvalue weighted by molar-refractivity contribution is -0.120. The number of benzene rings is 1. The van der Waals surface area contributed by atoms with Crippen molar-refractivity contribution in [3.8, 4) is 10.6 Å². The molecule has 5 nitrogen and oxygen atoms in total. The van der Waals surface area contributed by atoms with E-state index in [4.69, 9.17) is 0 Å². The SMILES string of the molecule is CN(C)c1ncccc1CNC(=O)Cc1csc(-c2ccccc2)n1. The molecule has 25 heavy (non-hydrogen) atoms. The molecule has 0 saturated carbocycles. The third-order valence-electron chi connectivity index (χ3n) is 3.68. The fourth-order valence-corrected chi connectivity index (χ4v) is 3.32. The number of amides is 1. The third-order valence-corrected chi connectivity index (χ3v) is 4.62. The number of hydrogen-bond donors (Lipinski definition) is 1. The highest BCUT2D eigenvalue weighted by molar-refractivity contribution is 7.13. The van der Waals surface area contributed by atoms with E-state index in [1.54, 1.807) is 17.5 Å². The summed E-state index contributed by atoms with van der Waals surface area (Å²) >= 11 is 1.56. The fraction of sp³-hybridized carbons (Fsp3) is 0.211. The summed E-state index contributed by atoms with van der Waals surface area (Å²) in [6.45, 7) is 0.454. The lowest BCUT2D eigenvalue weighted by Gasteiger charge is -2.16. The molecular weight excluding hydrogens is 332 g/mol. The van der Waals surface area contributed by atoms with Crippen LogP contribution in [0.4, 0.5) is 5.82 Å². The Balaban J connectivity index is 1.60. The molecule has 1 N–H and O–H groups in total. The first-order valence-electron chi connectivity index (χ1n) is 8.01. The third kappa shape index (κ3) is 4.42. The first-order chi connectivity index (χ1) is 12.1. The van der Waals surface area contributed by atoms with Crippen molar-refractivity contribution in [1.29, 1.82) is 0 Å². The van der Waals surface area contributed by atoms with Crippen LogP contribution >= 0.6 is 11.3 Å². The van der Waals surface area contributed by atoms with Crippen LogP contribution in [-0.4, -0.2) is 30.0 Å². The predicted molar refractivity (Wildman–Crippen MR) is 102 cm³/mol. The van der Waals surface area contributed by atoms with E-state index in [1.165, 1.54) is 0 Å². The number of nitrogens with zero attached hydrogens (tertiary/aromatic N) is 3. The van der Waals surface area contributed by atoms with E-state index < -0.39 is 0 Å². The minimum atomic E-state index is -0.0431. The lowest BCUT2D eigenvalue weighted by atomic mass is 10.2. The van der Waals surface area contributed by atoms with Gasteiger partial charge < -0.3 is 10.2 Å². The van der Waals surface area contributed by atoms with Crippen molar-refractivity contribution >= 4 is 23.1 Å². The van der Waals surface area contributed by atoms with Crippen LogP contribution in [0.2, 0.25) is 0 Å². The average Bonchev–Trinajstić information content (AvgIpc) is 3.09. The molecule has 0 unspecified atom stereocenters. The van der Waals surface area contributed by atoms with E-state index >= 15 is 0 Å². The summed E-state index contributed by atoms with van der Waals surface area (Å²) in [6, 6.07) is 13.8. The van der Waals surface area contributed by atoms with Gasteiger partial charge in [-0.3, -0.25) is 4.79 Å². The van der Waals surface area contributed by atoms with Crippen molar-refractivity contribution in [1.82, 2.24) is 15.3 Å². The minimum absolute atomic E-state index is 0.0431. The molecule has 3 rings (SSSR count). The molecule has 0 saturated heterocycles. The smallest absolute Gasteiger partial charge is 0.226 e. The number of anilines is 1. The maximum atomic E-state index is 12.2. The van der Waals surface area contributed by atoms with Crippen LogP contribution < -0.4 is 10.2 Å². The van der Waals surface area contributed by atoms with Crippen molar-refractivity contribution in [3.63, 3.8) is 0 Å². The molecule has 6 heteroatoms. The molecule has 0 fully saturated rings. The number of carbonyl (C=O) groups excluding carboxylic acids is 1. The maximum absolute atomic E-state index is 12.2. The Hall–Kier alpha value is -2.73. The molecule has 3 aromatic rings. The zero-order chi connectivity index (χ0) is 17.6. The molecule has 0 atom stereocenters. The van der Waals surface area contributed by atoms with E-state index in [9.17, 15) is 4.79 Å². The topological polar surface area (TPSA) is 58.1 Å². The first-order valence-corrected chi connectivity index (χ1v) is 8.89. The summed E-state index contributed by atoms with van der Waals surface area (Å²) in [5, 5.41) is 5.83. The average molecular weight is 352 g/mol. The highest BCUT2D eigenvalue weighted by Crippen LogP contribution is 2.23. The number of aromatic nitrogens is 2. The van der Waals surface area contributed by atoms with Gasteiger partial charge in [-0.2, -0.15) is 0 Å². The number of pyridine rings is 1. The molecule has 1 aromatic carbocycles. The summed E-state index contributed by atoms with van der Waals surface area (Å²) in [5.74, 6) is 0.821. The number of carbonyl (C=O) groups is 1. The zero-order valence-electron chi connectivity index (χ0n) is 14.3. The second-order valence-electron chi connectivity index (χ2n) is 5.84. The Labute approximate surface area is 151 Å². The van der Waals surface area contributed by atoms with Gasteiger partial charge in [-0.05, 0) is 6.07 Å². The van der Waals surface area contributed by atoms with Gasteiger partial charge in [0.2, 0.25) is 5.91 Å². The largest absolute Gasteiger partial charge is 0.362 e. The quantitative estimate of drug-likeness (QED) is 0.740. The van der Waals surface area contributed by atoms with Crippen molar-refractivity contribution in [2.24, 2.45) is 0 Å². The second kappa shape index (κ2) is 7.90. The van der Waals surface area contributed by atoms with Gasteiger partial charge in [-0.1, -0.05) is 36.4 Å². The van der Waals surface area contributed by atoms with Crippen LogP contribution in [0, 0.1) is 0 Å². The molecule has 0 radical (unpaired) electrons. The molecule has 2 aromatic heterocycles. The van der Waals surface area contributed by atoms with Gasteiger partial charge in [0.15, 0.2) is 0 Å². The summed E-state index contributed by atoms with van der Waals surface area (Å²) in [6.07, 6.45) is 2.03. The molecule has 128 valence electrons. The normalized spacial score (nSPS) is 10.5. The Morgan fingerprint density at radius 2 is 1.96 bits per heavy atom. The van der Waals surface area contributed by atoms with Gasteiger partial charge in [0, 0.05) is 43.3 Å². The molecule has 2 heterocycles. The molecule has 0 aliphatic heterocycles. The Morgan fingerprint density at radius 1 is 1.16 bits per heavy atom.